The maximum absolute atomic E-state index is 13.5. The van der Waals surface area contributed by atoms with E-state index in [4.69, 9.17) is 0 Å². The predicted octanol–water partition coefficient (Wildman–Crippen LogP) is 3.80. The number of benzene rings is 1. The number of carbonyl (C=O) groups excluding carboxylic acids is 2. The summed E-state index contributed by atoms with van der Waals surface area (Å²) in [6.07, 6.45) is 5.44. The van der Waals surface area contributed by atoms with Crippen LogP contribution in [0.15, 0.2) is 30.3 Å². The molecule has 5 nitrogen and oxygen atoms in total. The molecule has 2 aromatic rings. The summed E-state index contributed by atoms with van der Waals surface area (Å²) < 4.78 is 1.77. The molecule has 4 bridgehead atoms. The summed E-state index contributed by atoms with van der Waals surface area (Å²) in [5.41, 5.74) is 3.14. The van der Waals surface area contributed by atoms with Crippen molar-refractivity contribution in [1.29, 1.82) is 0 Å². The minimum atomic E-state index is -0.510. The Morgan fingerprint density at radius 2 is 1.84 bits per heavy atom. The molecule has 5 heteroatoms. The van der Waals surface area contributed by atoms with E-state index in [2.05, 4.69) is 5.32 Å². The highest BCUT2D eigenvalue weighted by atomic mass is 16.3. The van der Waals surface area contributed by atoms with Crippen LogP contribution < -0.4 is 5.32 Å². The molecule has 0 spiro atoms. The number of amides is 1. The van der Waals surface area contributed by atoms with Gasteiger partial charge in [0.2, 0.25) is 5.78 Å². The smallest absolute Gasteiger partial charge is 0.268 e. The van der Waals surface area contributed by atoms with Crippen LogP contribution in [0.25, 0.3) is 0 Å². The van der Waals surface area contributed by atoms with Crippen molar-refractivity contribution in [3.63, 3.8) is 0 Å². The van der Waals surface area contributed by atoms with Crippen molar-refractivity contribution >= 4 is 11.7 Å². The Kier molecular flexibility index (Phi) is 4.85. The Hall–Kier alpha value is -2.40. The van der Waals surface area contributed by atoms with Gasteiger partial charge in [-0.2, -0.15) is 0 Å². The van der Waals surface area contributed by atoms with Gasteiger partial charge < -0.3 is 15.0 Å². The topological polar surface area (TPSA) is 71.3 Å². The average molecular weight is 421 g/mol. The number of rotatable bonds is 5. The van der Waals surface area contributed by atoms with Crippen LogP contribution in [0.2, 0.25) is 0 Å². The molecule has 4 aliphatic rings. The van der Waals surface area contributed by atoms with E-state index in [9.17, 15) is 14.7 Å². The zero-order chi connectivity index (χ0) is 21.9. The second-order valence-electron chi connectivity index (χ2n) is 10.2. The van der Waals surface area contributed by atoms with Gasteiger partial charge in [0.1, 0.15) is 5.69 Å². The highest BCUT2D eigenvalue weighted by Crippen LogP contribution is 2.55. The molecule has 0 aliphatic heterocycles. The number of hydrogen-bond donors (Lipinski definition) is 2. The number of nitrogens with one attached hydrogen (secondary N) is 1. The molecule has 1 amide bonds. The van der Waals surface area contributed by atoms with Gasteiger partial charge in [-0.1, -0.05) is 31.2 Å². The van der Waals surface area contributed by atoms with Gasteiger partial charge in [0, 0.05) is 18.7 Å². The lowest BCUT2D eigenvalue weighted by Gasteiger charge is -2.58. The average Bonchev–Trinajstić information content (AvgIpc) is 3.05. The number of ketones is 1. The largest absolute Gasteiger partial charge is 0.390 e. The van der Waals surface area contributed by atoms with Crippen LogP contribution in [0.4, 0.5) is 0 Å². The number of hydrogen-bond acceptors (Lipinski definition) is 3. The molecular weight excluding hydrogens is 388 g/mol. The molecule has 2 unspecified atom stereocenters. The van der Waals surface area contributed by atoms with Crippen LogP contribution >= 0.6 is 0 Å². The number of aromatic nitrogens is 1. The zero-order valence-corrected chi connectivity index (χ0v) is 18.6. The molecule has 4 aliphatic carbocycles. The lowest BCUT2D eigenvalue weighted by Crippen LogP contribution is -2.61. The Morgan fingerprint density at radius 1 is 1.16 bits per heavy atom. The van der Waals surface area contributed by atoms with E-state index in [0.29, 0.717) is 41.1 Å². The fourth-order valence-electron chi connectivity index (χ4n) is 6.85. The van der Waals surface area contributed by atoms with Crippen LogP contribution in [-0.2, 0) is 13.5 Å². The summed E-state index contributed by atoms with van der Waals surface area (Å²) in [4.78, 5) is 26.7. The van der Waals surface area contributed by atoms with Crippen molar-refractivity contribution in [1.82, 2.24) is 9.88 Å². The van der Waals surface area contributed by atoms with Crippen molar-refractivity contribution in [2.45, 2.75) is 64.0 Å². The molecule has 0 radical (unpaired) electrons. The van der Waals surface area contributed by atoms with E-state index in [-0.39, 0.29) is 17.7 Å². The molecule has 31 heavy (non-hydrogen) atoms. The van der Waals surface area contributed by atoms with Gasteiger partial charge in [-0.05, 0) is 80.4 Å². The van der Waals surface area contributed by atoms with E-state index >= 15 is 0 Å². The van der Waals surface area contributed by atoms with Crippen LogP contribution in [-0.4, -0.2) is 33.0 Å². The molecular formula is C26H32N2O3. The predicted molar refractivity (Wildman–Crippen MR) is 119 cm³/mol. The molecule has 1 aromatic carbocycles. The summed E-state index contributed by atoms with van der Waals surface area (Å²) in [5.74, 6) is 1.19. The third-order valence-electron chi connectivity index (χ3n) is 8.07. The molecule has 2 N–H and O–H groups in total. The summed E-state index contributed by atoms with van der Waals surface area (Å²) >= 11 is 0. The fraction of sp³-hybridized carbons (Fsp3) is 0.538. The van der Waals surface area contributed by atoms with Crippen molar-refractivity contribution in [3.8, 4) is 0 Å². The number of aliphatic hydroxyl groups is 1. The van der Waals surface area contributed by atoms with Gasteiger partial charge in [0.05, 0.1) is 11.3 Å². The van der Waals surface area contributed by atoms with Crippen molar-refractivity contribution in [2.24, 2.45) is 24.8 Å². The van der Waals surface area contributed by atoms with E-state index in [1.54, 1.807) is 4.57 Å². The van der Waals surface area contributed by atoms with Crippen molar-refractivity contribution < 1.29 is 14.7 Å². The Balaban J connectivity index is 1.42. The third-order valence-corrected chi connectivity index (χ3v) is 8.07. The minimum Gasteiger partial charge on any atom is -0.390 e. The highest BCUT2D eigenvalue weighted by Gasteiger charge is 2.55. The maximum atomic E-state index is 13.5. The summed E-state index contributed by atoms with van der Waals surface area (Å²) in [5, 5.41) is 14.2. The van der Waals surface area contributed by atoms with E-state index in [0.717, 1.165) is 43.2 Å². The first-order valence-electron chi connectivity index (χ1n) is 11.6. The van der Waals surface area contributed by atoms with Crippen molar-refractivity contribution in [2.75, 3.05) is 0 Å². The van der Waals surface area contributed by atoms with E-state index in [1.807, 2.05) is 51.2 Å². The van der Waals surface area contributed by atoms with Gasteiger partial charge >= 0.3 is 0 Å². The Labute approximate surface area is 183 Å². The first-order chi connectivity index (χ1) is 14.8. The van der Waals surface area contributed by atoms with Crippen molar-refractivity contribution in [3.05, 3.63) is 58.4 Å². The lowest BCUT2D eigenvalue weighted by atomic mass is 9.52. The molecule has 164 valence electrons. The van der Waals surface area contributed by atoms with Gasteiger partial charge in [-0.3, -0.25) is 9.59 Å². The first-order valence-corrected chi connectivity index (χ1v) is 11.6. The second kappa shape index (κ2) is 7.33. The lowest BCUT2D eigenvalue weighted by molar-refractivity contribution is -0.137. The van der Waals surface area contributed by atoms with Crippen LogP contribution in [0.3, 0.4) is 0 Å². The monoisotopic (exact) mass is 420 g/mol. The third kappa shape index (κ3) is 3.34. The quantitative estimate of drug-likeness (QED) is 0.723. The molecule has 1 heterocycles. The highest BCUT2D eigenvalue weighted by molar-refractivity contribution is 6.10. The SMILES string of the molecule is CCc1cc(C(=O)c2ccccc2C)n(C)c1C(=O)NC1C2CC3CC1CC(O)(C3)C2. The number of carbonyl (C=O) groups is 2. The standard InChI is InChI=1S/C26H32N2O3/c1-4-17-11-21(24(29)20-8-6-5-7-15(20)2)28(3)23(17)25(30)27-22-18-9-16-10-19(22)14-26(31,12-16)13-18/h5-8,11,16,18-19,22,31H,4,9-10,12-14H2,1-3H3,(H,27,30). The normalized spacial score (nSPS) is 31.1. The van der Waals surface area contributed by atoms with E-state index < -0.39 is 5.60 Å². The fourth-order valence-corrected chi connectivity index (χ4v) is 6.85. The Morgan fingerprint density at radius 3 is 2.45 bits per heavy atom. The second-order valence-corrected chi connectivity index (χ2v) is 10.2. The van der Waals surface area contributed by atoms with Crippen LogP contribution in [0.1, 0.15) is 76.7 Å². The molecule has 1 aromatic heterocycles. The molecule has 0 saturated heterocycles. The molecule has 4 saturated carbocycles. The number of aryl methyl sites for hydroxylation is 2. The minimum absolute atomic E-state index is 0.0498. The zero-order valence-electron chi connectivity index (χ0n) is 18.6. The summed E-state index contributed by atoms with van der Waals surface area (Å²) in [7, 11) is 1.82. The molecule has 6 rings (SSSR count). The molecule has 2 atom stereocenters. The maximum Gasteiger partial charge on any atom is 0.268 e. The van der Waals surface area contributed by atoms with Crippen LogP contribution in [0, 0.1) is 24.7 Å². The van der Waals surface area contributed by atoms with Gasteiger partial charge in [-0.25, -0.2) is 0 Å². The first kappa shape index (κ1) is 20.5. The summed E-state index contributed by atoms with van der Waals surface area (Å²) in [6, 6.07) is 9.58. The summed E-state index contributed by atoms with van der Waals surface area (Å²) in [6.45, 7) is 3.96. The van der Waals surface area contributed by atoms with Gasteiger partial charge in [0.15, 0.2) is 0 Å². The number of nitrogens with zero attached hydrogens (tertiary/aromatic N) is 1. The molecule has 4 fully saturated rings. The van der Waals surface area contributed by atoms with Gasteiger partial charge in [0.25, 0.3) is 5.91 Å². The Bertz CT molecular complexity index is 1040. The van der Waals surface area contributed by atoms with Crippen LogP contribution in [0.5, 0.6) is 0 Å². The van der Waals surface area contributed by atoms with E-state index in [1.165, 1.54) is 0 Å². The van der Waals surface area contributed by atoms with Gasteiger partial charge in [-0.15, -0.1) is 0 Å².